The lowest BCUT2D eigenvalue weighted by molar-refractivity contribution is -0.131. The smallest absolute Gasteiger partial charge is 0.223 e. The maximum atomic E-state index is 12.8. The van der Waals surface area contributed by atoms with Crippen LogP contribution in [0.15, 0.2) is 57.9 Å². The molecule has 0 spiro atoms. The normalized spacial score (nSPS) is 15.8. The van der Waals surface area contributed by atoms with Gasteiger partial charge in [-0.15, -0.1) is 11.3 Å². The van der Waals surface area contributed by atoms with Gasteiger partial charge in [0.1, 0.15) is 0 Å². The molecule has 0 saturated carbocycles. The standard InChI is InChI=1S/C24H28ClN3O4S2/c1-32-13-11-28-12-14-33-24(28)26-21-6-9-27(10-7-21)23(29)8-15-34(30,31)22-5-3-18-16-20(25)4-2-19(18)17-22/h2-5,12,14,16-17,21H,6-11,13,15H2,1H3/b26-24-. The maximum absolute atomic E-state index is 12.8. The predicted octanol–water partition coefficient (Wildman–Crippen LogP) is 3.76. The van der Waals surface area contributed by atoms with E-state index in [9.17, 15) is 13.2 Å². The number of carbonyl (C=O) groups excluding carboxylic acids is 1. The Morgan fingerprint density at radius 2 is 1.91 bits per heavy atom. The topological polar surface area (TPSA) is 81.0 Å². The number of aromatic nitrogens is 1. The van der Waals surface area contributed by atoms with E-state index in [0.717, 1.165) is 35.0 Å². The van der Waals surface area contributed by atoms with Crippen LogP contribution < -0.4 is 4.80 Å². The Hall–Kier alpha value is -2.20. The number of sulfone groups is 1. The van der Waals surface area contributed by atoms with Crippen molar-refractivity contribution in [2.24, 2.45) is 4.99 Å². The number of hydrogen-bond acceptors (Lipinski definition) is 6. The number of carbonyl (C=O) groups is 1. The van der Waals surface area contributed by atoms with Crippen LogP contribution in [0.4, 0.5) is 0 Å². The predicted molar refractivity (Wildman–Crippen MR) is 135 cm³/mol. The van der Waals surface area contributed by atoms with Crippen LogP contribution in [-0.2, 0) is 25.9 Å². The number of nitrogens with zero attached hydrogens (tertiary/aromatic N) is 3. The van der Waals surface area contributed by atoms with E-state index in [1.54, 1.807) is 59.7 Å². The van der Waals surface area contributed by atoms with Gasteiger partial charge in [0.05, 0.1) is 23.3 Å². The van der Waals surface area contributed by atoms with Crippen molar-refractivity contribution in [3.8, 4) is 0 Å². The Labute approximate surface area is 208 Å². The highest BCUT2D eigenvalue weighted by Crippen LogP contribution is 2.24. The second-order valence-corrected chi connectivity index (χ2v) is 11.8. The Morgan fingerprint density at radius 1 is 1.18 bits per heavy atom. The Bertz CT molecular complexity index is 1330. The van der Waals surface area contributed by atoms with Crippen LogP contribution in [-0.4, -0.2) is 62.4 Å². The van der Waals surface area contributed by atoms with Crippen LogP contribution >= 0.6 is 22.9 Å². The first-order valence-electron chi connectivity index (χ1n) is 11.2. The van der Waals surface area contributed by atoms with Gasteiger partial charge >= 0.3 is 0 Å². The van der Waals surface area contributed by atoms with E-state index >= 15 is 0 Å². The number of rotatable bonds is 8. The molecule has 3 aromatic rings. The molecule has 1 aromatic heterocycles. The van der Waals surface area contributed by atoms with Crippen LogP contribution in [0.1, 0.15) is 19.3 Å². The van der Waals surface area contributed by atoms with Crippen LogP contribution in [0.5, 0.6) is 0 Å². The highest BCUT2D eigenvalue weighted by atomic mass is 35.5. The minimum absolute atomic E-state index is 0.0231. The van der Waals surface area contributed by atoms with Crippen molar-refractivity contribution < 1.29 is 17.9 Å². The maximum Gasteiger partial charge on any atom is 0.223 e. The summed E-state index contributed by atoms with van der Waals surface area (Å²) in [7, 11) is -1.88. The Balaban J connectivity index is 1.32. The van der Waals surface area contributed by atoms with Crippen molar-refractivity contribution in [2.75, 3.05) is 32.6 Å². The van der Waals surface area contributed by atoms with Crippen molar-refractivity contribution in [3.63, 3.8) is 0 Å². The molecule has 0 atom stereocenters. The zero-order chi connectivity index (χ0) is 24.1. The number of amides is 1. The number of halogens is 1. The Morgan fingerprint density at radius 3 is 2.68 bits per heavy atom. The molecule has 4 rings (SSSR count). The zero-order valence-corrected chi connectivity index (χ0v) is 21.4. The first-order valence-corrected chi connectivity index (χ1v) is 14.1. The summed E-state index contributed by atoms with van der Waals surface area (Å²) < 4.78 is 32.9. The molecule has 1 aliphatic rings. The average molecular weight is 522 g/mol. The summed E-state index contributed by atoms with van der Waals surface area (Å²) in [6, 6.07) is 10.5. The van der Waals surface area contributed by atoms with Gasteiger partial charge < -0.3 is 14.2 Å². The molecule has 10 heteroatoms. The third-order valence-electron chi connectivity index (χ3n) is 6.02. The number of methoxy groups -OCH3 is 1. The van der Waals surface area contributed by atoms with Crippen LogP contribution in [0.2, 0.25) is 5.02 Å². The molecular formula is C24H28ClN3O4S2. The van der Waals surface area contributed by atoms with E-state index in [4.69, 9.17) is 21.3 Å². The van der Waals surface area contributed by atoms with Crippen molar-refractivity contribution in [1.82, 2.24) is 9.47 Å². The molecule has 7 nitrogen and oxygen atoms in total. The van der Waals surface area contributed by atoms with E-state index in [2.05, 4.69) is 4.57 Å². The highest BCUT2D eigenvalue weighted by molar-refractivity contribution is 7.91. The molecule has 0 unspecified atom stereocenters. The van der Waals surface area contributed by atoms with E-state index in [0.29, 0.717) is 24.7 Å². The monoisotopic (exact) mass is 521 g/mol. The van der Waals surface area contributed by atoms with Gasteiger partial charge in [-0.2, -0.15) is 0 Å². The zero-order valence-electron chi connectivity index (χ0n) is 19.0. The first kappa shape index (κ1) is 24.9. The first-order chi connectivity index (χ1) is 16.4. The summed E-state index contributed by atoms with van der Waals surface area (Å²) in [5, 5.41) is 4.29. The van der Waals surface area contributed by atoms with Crippen LogP contribution in [0.25, 0.3) is 10.8 Å². The summed E-state index contributed by atoms with van der Waals surface area (Å²) in [4.78, 5) is 20.5. The van der Waals surface area contributed by atoms with E-state index in [1.165, 1.54) is 0 Å². The van der Waals surface area contributed by atoms with Gasteiger partial charge in [0.15, 0.2) is 14.6 Å². The molecule has 34 heavy (non-hydrogen) atoms. The minimum atomic E-state index is -3.56. The summed E-state index contributed by atoms with van der Waals surface area (Å²) in [5.74, 6) is -0.329. The molecule has 1 fully saturated rings. The van der Waals surface area contributed by atoms with Gasteiger partial charge in [-0.3, -0.25) is 9.79 Å². The number of thiazole rings is 1. The molecular weight excluding hydrogens is 494 g/mol. The van der Waals surface area contributed by atoms with Crippen LogP contribution in [0.3, 0.4) is 0 Å². The molecule has 182 valence electrons. The van der Waals surface area contributed by atoms with Gasteiger partial charge in [0.2, 0.25) is 5.91 Å². The largest absolute Gasteiger partial charge is 0.383 e. The number of benzene rings is 2. The number of piperidine rings is 1. The lowest BCUT2D eigenvalue weighted by Gasteiger charge is -2.30. The van der Waals surface area contributed by atoms with E-state index in [1.807, 2.05) is 11.6 Å². The van der Waals surface area contributed by atoms with Crippen molar-refractivity contribution >= 4 is 49.5 Å². The second-order valence-electron chi connectivity index (χ2n) is 8.33. The molecule has 0 bridgehead atoms. The second kappa shape index (κ2) is 11.0. The molecule has 1 aliphatic heterocycles. The van der Waals surface area contributed by atoms with Gasteiger partial charge in [-0.1, -0.05) is 23.7 Å². The number of ether oxygens (including phenoxy) is 1. The average Bonchev–Trinajstić information content (AvgIpc) is 3.28. The van der Waals surface area contributed by atoms with Crippen molar-refractivity contribution in [1.29, 1.82) is 0 Å². The molecule has 2 aromatic carbocycles. The fourth-order valence-electron chi connectivity index (χ4n) is 4.05. The molecule has 1 amide bonds. The summed E-state index contributed by atoms with van der Waals surface area (Å²) in [5.41, 5.74) is 0. The molecule has 0 aliphatic carbocycles. The van der Waals surface area contributed by atoms with Gasteiger partial charge in [0, 0.05) is 49.8 Å². The molecule has 0 N–H and O–H groups in total. The van der Waals surface area contributed by atoms with Gasteiger partial charge in [0.25, 0.3) is 0 Å². The van der Waals surface area contributed by atoms with E-state index < -0.39 is 9.84 Å². The number of hydrogen-bond donors (Lipinski definition) is 0. The third kappa shape index (κ3) is 6.07. The fraction of sp³-hybridized carbons (Fsp3) is 0.417. The SMILES string of the molecule is COCCn1ccs/c1=N\C1CCN(C(=O)CCS(=O)(=O)c2ccc3cc(Cl)ccc3c2)CC1. The van der Waals surface area contributed by atoms with Crippen LogP contribution in [0, 0.1) is 0 Å². The molecule has 0 radical (unpaired) electrons. The third-order valence-corrected chi connectivity index (χ3v) is 8.78. The lowest BCUT2D eigenvalue weighted by Crippen LogP contribution is -2.40. The molecule has 2 heterocycles. The van der Waals surface area contributed by atoms with Crippen molar-refractivity contribution in [2.45, 2.75) is 36.7 Å². The van der Waals surface area contributed by atoms with Gasteiger partial charge in [-0.05, 0) is 47.9 Å². The quantitative estimate of drug-likeness (QED) is 0.452. The van der Waals surface area contributed by atoms with Gasteiger partial charge in [-0.25, -0.2) is 8.42 Å². The van der Waals surface area contributed by atoms with E-state index in [-0.39, 0.29) is 29.0 Å². The Kier molecular flexibility index (Phi) is 8.08. The summed E-state index contributed by atoms with van der Waals surface area (Å²) in [6.07, 6.45) is 3.53. The minimum Gasteiger partial charge on any atom is -0.383 e. The summed E-state index contributed by atoms with van der Waals surface area (Å²) in [6.45, 7) is 2.57. The number of fused-ring (bicyclic) bond motifs is 1. The number of likely N-dealkylation sites (tertiary alicyclic amines) is 1. The molecule has 1 saturated heterocycles. The highest BCUT2D eigenvalue weighted by Gasteiger charge is 2.24. The fourth-order valence-corrected chi connectivity index (χ4v) is 6.32. The lowest BCUT2D eigenvalue weighted by atomic mass is 10.1. The summed E-state index contributed by atoms with van der Waals surface area (Å²) >= 11 is 7.60. The van der Waals surface area contributed by atoms with Crippen molar-refractivity contribution in [3.05, 3.63) is 57.8 Å².